The molecule has 0 unspecified atom stereocenters. The Morgan fingerprint density at radius 3 is 2.26 bits per heavy atom. The lowest BCUT2D eigenvalue weighted by molar-refractivity contribution is 0.00578. The van der Waals surface area contributed by atoms with E-state index < -0.39 is 7.12 Å². The topological polar surface area (TPSA) is 42.2 Å². The monoisotopic (exact) mass is 257 g/mol. The molecule has 0 saturated carbocycles. The number of aryl methyl sites for hydroxylation is 1. The van der Waals surface area contributed by atoms with Crippen LogP contribution in [0.15, 0.2) is 18.2 Å². The van der Waals surface area contributed by atoms with Gasteiger partial charge in [-0.15, -0.1) is 0 Å². The van der Waals surface area contributed by atoms with Gasteiger partial charge in [-0.1, -0.05) is 23.8 Å². The van der Waals surface area contributed by atoms with Crippen LogP contribution < -0.4 is 5.46 Å². The molecule has 2 rings (SSSR count). The summed E-state index contributed by atoms with van der Waals surface area (Å²) >= 11 is 0. The highest BCUT2D eigenvalue weighted by molar-refractivity contribution is 6.62. The Hall–Kier alpha value is -1.31. The molecule has 19 heavy (non-hydrogen) atoms. The molecule has 1 heterocycles. The summed E-state index contributed by atoms with van der Waals surface area (Å²) in [7, 11) is -0.395. The van der Waals surface area contributed by atoms with Gasteiger partial charge >= 0.3 is 7.12 Å². The second kappa shape index (κ2) is 4.66. The van der Waals surface area contributed by atoms with Crippen molar-refractivity contribution in [3.05, 3.63) is 29.3 Å². The van der Waals surface area contributed by atoms with Crippen LogP contribution in [0.5, 0.6) is 0 Å². The third kappa shape index (κ3) is 2.54. The Morgan fingerprint density at radius 2 is 1.74 bits per heavy atom. The van der Waals surface area contributed by atoms with E-state index in [1.54, 1.807) is 0 Å². The maximum Gasteiger partial charge on any atom is 0.495 e. The van der Waals surface area contributed by atoms with E-state index in [1.807, 2.05) is 46.8 Å². The summed E-state index contributed by atoms with van der Waals surface area (Å²) in [6, 6.07) is 8.25. The molecule has 100 valence electrons. The second-order valence-corrected chi connectivity index (χ2v) is 6.13. The van der Waals surface area contributed by atoms with Gasteiger partial charge in [0.25, 0.3) is 0 Å². The lowest BCUT2D eigenvalue weighted by atomic mass is 9.74. The molecule has 1 aromatic rings. The number of nitrogens with zero attached hydrogens (tertiary/aromatic N) is 1. The Bertz CT molecular complexity index is 515. The van der Waals surface area contributed by atoms with Gasteiger partial charge in [-0.05, 0) is 45.6 Å². The van der Waals surface area contributed by atoms with Crippen LogP contribution in [0.1, 0.15) is 38.8 Å². The van der Waals surface area contributed by atoms with Crippen LogP contribution in [0.25, 0.3) is 0 Å². The molecule has 0 N–H and O–H groups in total. The van der Waals surface area contributed by atoms with Gasteiger partial charge in [0.2, 0.25) is 0 Å². The van der Waals surface area contributed by atoms with E-state index >= 15 is 0 Å². The fraction of sp³-hybridized carbons (Fsp3) is 0.533. The zero-order chi connectivity index (χ0) is 14.3. The molecule has 0 spiro atoms. The third-order valence-corrected chi connectivity index (χ3v) is 4.08. The van der Waals surface area contributed by atoms with Crippen molar-refractivity contribution in [3.8, 4) is 6.07 Å². The Morgan fingerprint density at radius 1 is 1.16 bits per heavy atom. The molecular formula is C15H20BNO2. The van der Waals surface area contributed by atoms with Crippen LogP contribution in [0.2, 0.25) is 0 Å². The van der Waals surface area contributed by atoms with Gasteiger partial charge in [0.1, 0.15) is 0 Å². The summed E-state index contributed by atoms with van der Waals surface area (Å²) in [5.74, 6) is 0. The molecule has 0 atom stereocenters. The van der Waals surface area contributed by atoms with Crippen LogP contribution in [-0.2, 0) is 15.7 Å². The first kappa shape index (κ1) is 14.1. The van der Waals surface area contributed by atoms with Gasteiger partial charge in [0.05, 0.1) is 23.7 Å². The SMILES string of the molecule is Cc1ccc(CC#N)c(B2OC(C)(C)C(C)(C)O2)c1. The lowest BCUT2D eigenvalue weighted by Gasteiger charge is -2.32. The van der Waals surface area contributed by atoms with Crippen molar-refractivity contribution in [1.29, 1.82) is 5.26 Å². The van der Waals surface area contributed by atoms with Gasteiger partial charge in [-0.2, -0.15) is 5.26 Å². The first-order valence-electron chi connectivity index (χ1n) is 6.59. The number of hydrogen-bond acceptors (Lipinski definition) is 3. The van der Waals surface area contributed by atoms with Crippen LogP contribution >= 0.6 is 0 Å². The van der Waals surface area contributed by atoms with Gasteiger partial charge in [0, 0.05) is 0 Å². The molecule has 1 aromatic carbocycles. The van der Waals surface area contributed by atoms with Gasteiger partial charge in [-0.25, -0.2) is 0 Å². The van der Waals surface area contributed by atoms with Crippen LogP contribution in [-0.4, -0.2) is 18.3 Å². The molecule has 1 fully saturated rings. The predicted octanol–water partition coefficient (Wildman–Crippen LogP) is 2.36. The summed E-state index contributed by atoms with van der Waals surface area (Å²) in [6.45, 7) is 10.2. The van der Waals surface area contributed by atoms with E-state index in [4.69, 9.17) is 14.6 Å². The Labute approximate surface area is 115 Å². The van der Waals surface area contributed by atoms with E-state index in [2.05, 4.69) is 12.1 Å². The van der Waals surface area contributed by atoms with Crippen molar-refractivity contribution in [2.24, 2.45) is 0 Å². The van der Waals surface area contributed by atoms with Crippen molar-refractivity contribution in [2.75, 3.05) is 0 Å². The van der Waals surface area contributed by atoms with Gasteiger partial charge < -0.3 is 9.31 Å². The fourth-order valence-corrected chi connectivity index (χ4v) is 2.15. The molecule has 0 radical (unpaired) electrons. The number of rotatable bonds is 2. The fourth-order valence-electron chi connectivity index (χ4n) is 2.15. The molecule has 0 amide bonds. The number of hydrogen-bond donors (Lipinski definition) is 0. The molecular weight excluding hydrogens is 237 g/mol. The summed E-state index contributed by atoms with van der Waals surface area (Å²) in [6.07, 6.45) is 0.375. The molecule has 4 heteroatoms. The smallest absolute Gasteiger partial charge is 0.399 e. The minimum atomic E-state index is -0.395. The molecule has 0 aromatic heterocycles. The highest BCUT2D eigenvalue weighted by Crippen LogP contribution is 2.36. The number of nitriles is 1. The average molecular weight is 257 g/mol. The Kier molecular flexibility index (Phi) is 3.46. The van der Waals surface area contributed by atoms with Crippen molar-refractivity contribution in [1.82, 2.24) is 0 Å². The largest absolute Gasteiger partial charge is 0.495 e. The highest BCUT2D eigenvalue weighted by atomic mass is 16.7. The standard InChI is InChI=1S/C15H20BNO2/c1-11-6-7-12(8-9-17)13(10-11)16-18-14(2,3)15(4,5)19-16/h6-7,10H,8H2,1-5H3. The molecule has 1 saturated heterocycles. The van der Waals surface area contributed by atoms with Crippen molar-refractivity contribution < 1.29 is 9.31 Å². The first-order valence-corrected chi connectivity index (χ1v) is 6.59. The maximum atomic E-state index is 8.93. The van der Waals surface area contributed by atoms with Crippen LogP contribution in [0, 0.1) is 18.3 Å². The first-order chi connectivity index (χ1) is 8.77. The molecule has 1 aliphatic heterocycles. The van der Waals surface area contributed by atoms with E-state index in [0.29, 0.717) is 6.42 Å². The number of benzene rings is 1. The molecule has 0 aliphatic carbocycles. The average Bonchev–Trinajstić information content (AvgIpc) is 2.51. The summed E-state index contributed by atoms with van der Waals surface area (Å²) in [5, 5.41) is 8.93. The van der Waals surface area contributed by atoms with Gasteiger partial charge in [0.15, 0.2) is 0 Å². The maximum absolute atomic E-state index is 8.93. The van der Waals surface area contributed by atoms with E-state index in [9.17, 15) is 0 Å². The van der Waals surface area contributed by atoms with Crippen LogP contribution in [0.3, 0.4) is 0 Å². The van der Waals surface area contributed by atoms with Crippen LogP contribution in [0.4, 0.5) is 0 Å². The van der Waals surface area contributed by atoms with E-state index in [1.165, 1.54) is 0 Å². The van der Waals surface area contributed by atoms with Crippen molar-refractivity contribution >= 4 is 12.6 Å². The Balaban J connectivity index is 2.39. The summed E-state index contributed by atoms with van der Waals surface area (Å²) in [5.41, 5.74) is 2.38. The molecule has 3 nitrogen and oxygen atoms in total. The quantitative estimate of drug-likeness (QED) is 0.764. The second-order valence-electron chi connectivity index (χ2n) is 6.13. The zero-order valence-electron chi connectivity index (χ0n) is 12.3. The lowest BCUT2D eigenvalue weighted by Crippen LogP contribution is -2.41. The van der Waals surface area contributed by atoms with Crippen molar-refractivity contribution in [3.63, 3.8) is 0 Å². The minimum absolute atomic E-state index is 0.356. The summed E-state index contributed by atoms with van der Waals surface area (Å²) in [4.78, 5) is 0. The normalized spacial score (nSPS) is 20.3. The highest BCUT2D eigenvalue weighted by Gasteiger charge is 2.52. The van der Waals surface area contributed by atoms with E-state index in [0.717, 1.165) is 16.6 Å². The third-order valence-electron chi connectivity index (χ3n) is 4.08. The molecule has 0 bridgehead atoms. The van der Waals surface area contributed by atoms with Gasteiger partial charge in [-0.3, -0.25) is 0 Å². The summed E-state index contributed by atoms with van der Waals surface area (Å²) < 4.78 is 12.1. The molecule has 1 aliphatic rings. The predicted molar refractivity (Wildman–Crippen MR) is 76.2 cm³/mol. The van der Waals surface area contributed by atoms with Crippen molar-refractivity contribution in [2.45, 2.75) is 52.2 Å². The minimum Gasteiger partial charge on any atom is -0.399 e. The zero-order valence-corrected chi connectivity index (χ0v) is 12.3. The van der Waals surface area contributed by atoms with E-state index in [-0.39, 0.29) is 11.2 Å².